The molecule has 8 heteroatoms. The van der Waals surface area contributed by atoms with Crippen LogP contribution in [0, 0.1) is 0 Å². The monoisotopic (exact) mass is 292 g/mol. The Morgan fingerprint density at radius 1 is 1.33 bits per heavy atom. The number of nitrogens with two attached hydrogens (primary N) is 1. The van der Waals surface area contributed by atoms with E-state index in [0.717, 1.165) is 0 Å². The van der Waals surface area contributed by atoms with Gasteiger partial charge in [-0.1, -0.05) is 0 Å². The predicted molar refractivity (Wildman–Crippen MR) is 74.4 cm³/mol. The second kappa shape index (κ2) is 6.12. The van der Waals surface area contributed by atoms with E-state index in [4.69, 9.17) is 15.2 Å². The lowest BCUT2D eigenvalue weighted by molar-refractivity contribution is 0.0594. The summed E-state index contributed by atoms with van der Waals surface area (Å²) in [4.78, 5) is 15.7. The van der Waals surface area contributed by atoms with E-state index in [1.54, 1.807) is 19.4 Å². The Bertz CT molecular complexity index is 654. The first-order valence-electron chi connectivity index (χ1n) is 6.07. The molecule has 0 spiro atoms. The minimum absolute atomic E-state index is 0.0689. The van der Waals surface area contributed by atoms with Crippen molar-refractivity contribution in [3.05, 3.63) is 29.8 Å². The number of methoxy groups -OCH3 is 3. The lowest BCUT2D eigenvalue weighted by Crippen LogP contribution is -2.08. The fraction of sp³-hybridized carbons (Fsp3) is 0.308. The molecule has 2 N–H and O–H groups in total. The third-order valence-electron chi connectivity index (χ3n) is 2.85. The SMILES string of the molecule is COC(=O)c1nn(Cc2nccc(OC)c2OC)cc1N. The van der Waals surface area contributed by atoms with E-state index in [-0.39, 0.29) is 17.9 Å². The summed E-state index contributed by atoms with van der Waals surface area (Å²) in [5, 5.41) is 4.09. The van der Waals surface area contributed by atoms with Crippen molar-refractivity contribution in [3.8, 4) is 11.5 Å². The summed E-state index contributed by atoms with van der Waals surface area (Å²) in [7, 11) is 4.34. The van der Waals surface area contributed by atoms with Crippen LogP contribution in [0.15, 0.2) is 18.5 Å². The average molecular weight is 292 g/mol. The maximum Gasteiger partial charge on any atom is 0.360 e. The Hall–Kier alpha value is -2.77. The van der Waals surface area contributed by atoms with E-state index >= 15 is 0 Å². The lowest BCUT2D eigenvalue weighted by atomic mass is 10.3. The normalized spacial score (nSPS) is 10.2. The number of carbonyl (C=O) groups excluding carboxylic acids is 1. The Balaban J connectivity index is 2.33. The molecule has 2 aromatic heterocycles. The molecule has 0 atom stereocenters. The molecule has 0 fully saturated rings. The van der Waals surface area contributed by atoms with Gasteiger partial charge >= 0.3 is 5.97 Å². The van der Waals surface area contributed by atoms with E-state index in [1.165, 1.54) is 25.1 Å². The number of hydrogen-bond donors (Lipinski definition) is 1. The molecule has 0 radical (unpaired) electrons. The van der Waals surface area contributed by atoms with Gasteiger partial charge < -0.3 is 19.9 Å². The van der Waals surface area contributed by atoms with Crippen LogP contribution in [0.1, 0.15) is 16.2 Å². The highest BCUT2D eigenvalue weighted by molar-refractivity contribution is 5.92. The second-order valence-electron chi connectivity index (χ2n) is 4.12. The quantitative estimate of drug-likeness (QED) is 0.810. The van der Waals surface area contributed by atoms with Crippen molar-refractivity contribution in [1.82, 2.24) is 14.8 Å². The number of hydrogen-bond acceptors (Lipinski definition) is 7. The van der Waals surface area contributed by atoms with Crippen LogP contribution < -0.4 is 15.2 Å². The Morgan fingerprint density at radius 3 is 2.71 bits per heavy atom. The van der Waals surface area contributed by atoms with E-state index < -0.39 is 5.97 Å². The summed E-state index contributed by atoms with van der Waals surface area (Å²) in [6.07, 6.45) is 3.14. The number of nitrogen functional groups attached to an aromatic ring is 1. The first kappa shape index (κ1) is 14.6. The van der Waals surface area contributed by atoms with Crippen LogP contribution in [0.3, 0.4) is 0 Å². The molecule has 0 aromatic carbocycles. The van der Waals surface area contributed by atoms with E-state index in [9.17, 15) is 4.79 Å². The lowest BCUT2D eigenvalue weighted by Gasteiger charge is -2.11. The molecule has 0 aliphatic rings. The highest BCUT2D eigenvalue weighted by Crippen LogP contribution is 2.29. The molecule has 0 aliphatic heterocycles. The van der Waals surface area contributed by atoms with Gasteiger partial charge in [0.2, 0.25) is 0 Å². The van der Waals surface area contributed by atoms with Crippen molar-refractivity contribution in [2.45, 2.75) is 6.54 Å². The third-order valence-corrected chi connectivity index (χ3v) is 2.85. The fourth-order valence-corrected chi connectivity index (χ4v) is 1.89. The number of anilines is 1. The molecule has 0 saturated carbocycles. The molecular weight excluding hydrogens is 276 g/mol. The van der Waals surface area contributed by atoms with Gasteiger partial charge in [0, 0.05) is 18.5 Å². The van der Waals surface area contributed by atoms with Crippen molar-refractivity contribution in [1.29, 1.82) is 0 Å². The first-order chi connectivity index (χ1) is 10.1. The molecule has 0 unspecified atom stereocenters. The van der Waals surface area contributed by atoms with Gasteiger partial charge in [-0.25, -0.2) is 4.79 Å². The summed E-state index contributed by atoms with van der Waals surface area (Å²) in [5.74, 6) is 0.487. The van der Waals surface area contributed by atoms with Crippen molar-refractivity contribution in [2.24, 2.45) is 0 Å². The minimum atomic E-state index is -0.586. The largest absolute Gasteiger partial charge is 0.493 e. The van der Waals surface area contributed by atoms with Gasteiger partial charge in [0.15, 0.2) is 17.2 Å². The van der Waals surface area contributed by atoms with Crippen LogP contribution in [0.5, 0.6) is 11.5 Å². The number of aromatic nitrogens is 3. The molecule has 2 heterocycles. The summed E-state index contributed by atoms with van der Waals surface area (Å²) >= 11 is 0. The average Bonchev–Trinajstić information content (AvgIpc) is 2.86. The van der Waals surface area contributed by atoms with E-state index in [2.05, 4.69) is 14.8 Å². The van der Waals surface area contributed by atoms with Gasteiger partial charge in [-0.15, -0.1) is 0 Å². The highest BCUT2D eigenvalue weighted by Gasteiger charge is 2.17. The second-order valence-corrected chi connectivity index (χ2v) is 4.12. The summed E-state index contributed by atoms with van der Waals surface area (Å²) in [6.45, 7) is 0.279. The maximum absolute atomic E-state index is 11.5. The number of ether oxygens (including phenoxy) is 3. The van der Waals surface area contributed by atoms with Crippen LogP contribution >= 0.6 is 0 Å². The molecule has 112 valence electrons. The molecule has 0 amide bonds. The molecule has 21 heavy (non-hydrogen) atoms. The Kier molecular flexibility index (Phi) is 4.27. The standard InChI is InChI=1S/C13H16N4O4/c1-19-10-4-5-15-9(12(10)20-2)7-17-6-8(14)11(16-17)13(18)21-3/h4-6H,7,14H2,1-3H3. The highest BCUT2D eigenvalue weighted by atomic mass is 16.5. The van der Waals surface area contributed by atoms with Gasteiger partial charge in [-0.2, -0.15) is 5.10 Å². The number of nitrogens with zero attached hydrogens (tertiary/aromatic N) is 3. The molecule has 0 saturated heterocycles. The zero-order valence-electron chi connectivity index (χ0n) is 12.0. The first-order valence-corrected chi connectivity index (χ1v) is 6.07. The van der Waals surface area contributed by atoms with Crippen LogP contribution in [0.4, 0.5) is 5.69 Å². The van der Waals surface area contributed by atoms with Gasteiger partial charge in [-0.05, 0) is 0 Å². The number of carbonyl (C=O) groups is 1. The zero-order valence-corrected chi connectivity index (χ0v) is 12.0. The Labute approximate surface area is 121 Å². The molecule has 0 aliphatic carbocycles. The predicted octanol–water partition coefficient (Wildman–Crippen LogP) is 0.712. The van der Waals surface area contributed by atoms with Crippen LogP contribution in [0.2, 0.25) is 0 Å². The van der Waals surface area contributed by atoms with Crippen molar-refractivity contribution in [3.63, 3.8) is 0 Å². The molecular formula is C13H16N4O4. The molecule has 8 nitrogen and oxygen atoms in total. The van der Waals surface area contributed by atoms with Gasteiger partial charge in [0.25, 0.3) is 0 Å². The topological polar surface area (TPSA) is 101 Å². The van der Waals surface area contributed by atoms with Crippen LogP contribution in [-0.2, 0) is 11.3 Å². The third kappa shape index (κ3) is 2.88. The van der Waals surface area contributed by atoms with Crippen molar-refractivity contribution >= 4 is 11.7 Å². The smallest absolute Gasteiger partial charge is 0.360 e. The fourth-order valence-electron chi connectivity index (χ4n) is 1.89. The van der Waals surface area contributed by atoms with Gasteiger partial charge in [-0.3, -0.25) is 9.67 Å². The van der Waals surface area contributed by atoms with Gasteiger partial charge in [0.05, 0.1) is 33.6 Å². The summed E-state index contributed by atoms with van der Waals surface area (Å²) < 4.78 is 16.6. The number of esters is 1. The van der Waals surface area contributed by atoms with E-state index in [1.807, 2.05) is 0 Å². The van der Waals surface area contributed by atoms with Crippen LogP contribution in [-0.4, -0.2) is 42.1 Å². The molecule has 0 bridgehead atoms. The Morgan fingerprint density at radius 2 is 2.10 bits per heavy atom. The number of pyridine rings is 1. The molecule has 2 aromatic rings. The van der Waals surface area contributed by atoms with E-state index in [0.29, 0.717) is 17.2 Å². The maximum atomic E-state index is 11.5. The number of rotatable bonds is 5. The zero-order chi connectivity index (χ0) is 15.4. The summed E-state index contributed by atoms with van der Waals surface area (Å²) in [6, 6.07) is 1.69. The van der Waals surface area contributed by atoms with Crippen molar-refractivity contribution < 1.29 is 19.0 Å². The van der Waals surface area contributed by atoms with Crippen LogP contribution in [0.25, 0.3) is 0 Å². The minimum Gasteiger partial charge on any atom is -0.493 e. The van der Waals surface area contributed by atoms with Crippen molar-refractivity contribution in [2.75, 3.05) is 27.1 Å². The molecule has 2 rings (SSSR count). The van der Waals surface area contributed by atoms with Gasteiger partial charge in [0.1, 0.15) is 5.69 Å². The summed E-state index contributed by atoms with van der Waals surface area (Å²) in [5.41, 5.74) is 6.65.